The Hall–Kier alpha value is -2.36. The van der Waals surface area contributed by atoms with Crippen molar-refractivity contribution >= 4 is 33.3 Å². The minimum Gasteiger partial charge on any atom is -0.283 e. The number of thioether (sulfide) groups is 1. The van der Waals surface area contributed by atoms with Crippen molar-refractivity contribution in [3.05, 3.63) is 58.9 Å². The Morgan fingerprint density at radius 3 is 2.85 bits per heavy atom. The molecule has 3 aromatic rings. The summed E-state index contributed by atoms with van der Waals surface area (Å²) >= 11 is 3.09. The van der Waals surface area contributed by atoms with Gasteiger partial charge in [-0.2, -0.15) is 5.26 Å². The molecule has 0 atom stereocenters. The number of hydrogen-bond donors (Lipinski definition) is 0. The van der Waals surface area contributed by atoms with E-state index in [0.717, 1.165) is 33.0 Å². The van der Waals surface area contributed by atoms with Crippen molar-refractivity contribution in [3.63, 3.8) is 0 Å². The predicted molar refractivity (Wildman–Crippen MR) is 110 cm³/mol. The van der Waals surface area contributed by atoms with Crippen molar-refractivity contribution in [1.29, 1.82) is 5.26 Å². The minimum atomic E-state index is -0.0198. The topological polar surface area (TPSA) is 58.7 Å². The average molecular weight is 382 g/mol. The normalized spacial score (nSPS) is 10.8. The monoisotopic (exact) mass is 381 g/mol. The van der Waals surface area contributed by atoms with Gasteiger partial charge in [0.2, 0.25) is 0 Å². The van der Waals surface area contributed by atoms with Crippen molar-refractivity contribution in [3.8, 4) is 16.5 Å². The third-order valence-electron chi connectivity index (χ3n) is 4.03. The summed E-state index contributed by atoms with van der Waals surface area (Å²) in [5.74, 6) is 0.762. The molecule has 0 saturated heterocycles. The molecule has 0 aliphatic rings. The Bertz CT molecular complexity index is 1030. The molecule has 0 unspecified atom stereocenters. The van der Waals surface area contributed by atoms with Gasteiger partial charge in [-0.25, -0.2) is 4.98 Å². The molecule has 26 heavy (non-hydrogen) atoms. The van der Waals surface area contributed by atoms with Crippen LogP contribution in [-0.4, -0.2) is 15.3 Å². The number of thiophene rings is 1. The van der Waals surface area contributed by atoms with Gasteiger partial charge in [-0.1, -0.05) is 48.2 Å². The Morgan fingerprint density at radius 2 is 2.15 bits per heavy atom. The van der Waals surface area contributed by atoms with E-state index in [4.69, 9.17) is 10.2 Å². The summed E-state index contributed by atoms with van der Waals surface area (Å²) in [6, 6.07) is 12.2. The summed E-state index contributed by atoms with van der Waals surface area (Å²) in [6.45, 7) is 6.18. The minimum absolute atomic E-state index is 0.0198. The van der Waals surface area contributed by atoms with E-state index in [1.807, 2.05) is 25.1 Å². The first kappa shape index (κ1) is 18.4. The average Bonchev–Trinajstić information content (AvgIpc) is 2.99. The largest absolute Gasteiger partial charge is 0.283 e. The number of benzene rings is 1. The molecule has 6 heteroatoms. The zero-order valence-electron chi connectivity index (χ0n) is 14.6. The van der Waals surface area contributed by atoms with Gasteiger partial charge < -0.3 is 0 Å². The first-order valence-electron chi connectivity index (χ1n) is 8.37. The van der Waals surface area contributed by atoms with Crippen LogP contribution >= 0.6 is 23.1 Å². The molecule has 2 aromatic heterocycles. The lowest BCUT2D eigenvalue weighted by atomic mass is 10.1. The van der Waals surface area contributed by atoms with Gasteiger partial charge in [0.15, 0.2) is 5.16 Å². The molecule has 0 N–H and O–H groups in total. The second-order valence-electron chi connectivity index (χ2n) is 5.81. The summed E-state index contributed by atoms with van der Waals surface area (Å²) < 4.78 is 1.68. The van der Waals surface area contributed by atoms with Crippen molar-refractivity contribution in [2.45, 2.75) is 31.5 Å². The maximum atomic E-state index is 13.1. The highest BCUT2D eigenvalue weighted by Crippen LogP contribution is 2.36. The standard InChI is InChI=1S/C20H19N3OS2/c1-3-12-23-19(24)16-14(2)17(15-9-5-4-6-10-15)26-18(16)22-20(23)25-13-8-7-11-21/h3-6,9-10H,1,7-8,12-13H2,2H3. The highest BCUT2D eigenvalue weighted by atomic mass is 32.2. The van der Waals surface area contributed by atoms with Crippen LogP contribution in [0.5, 0.6) is 0 Å². The molecule has 0 aliphatic heterocycles. The summed E-state index contributed by atoms with van der Waals surface area (Å²) in [5.41, 5.74) is 2.06. The molecule has 0 bridgehead atoms. The molecule has 0 radical (unpaired) electrons. The second kappa shape index (κ2) is 8.35. The quantitative estimate of drug-likeness (QED) is 0.250. The molecule has 0 amide bonds. The van der Waals surface area contributed by atoms with Crippen LogP contribution in [0.2, 0.25) is 0 Å². The summed E-state index contributed by atoms with van der Waals surface area (Å²) in [5, 5.41) is 10.1. The molecule has 0 fully saturated rings. The molecule has 0 saturated carbocycles. The Kier molecular flexibility index (Phi) is 5.92. The van der Waals surface area contributed by atoms with E-state index < -0.39 is 0 Å². The summed E-state index contributed by atoms with van der Waals surface area (Å²) in [6.07, 6.45) is 3.01. The number of fused-ring (bicyclic) bond motifs is 1. The highest BCUT2D eigenvalue weighted by Gasteiger charge is 2.18. The van der Waals surface area contributed by atoms with Crippen LogP contribution in [-0.2, 0) is 6.54 Å². The summed E-state index contributed by atoms with van der Waals surface area (Å²) in [4.78, 5) is 19.7. The lowest BCUT2D eigenvalue weighted by Crippen LogP contribution is -2.22. The number of aromatic nitrogens is 2. The van der Waals surface area contributed by atoms with E-state index in [0.29, 0.717) is 23.5 Å². The van der Waals surface area contributed by atoms with E-state index in [9.17, 15) is 4.79 Å². The smallest absolute Gasteiger partial charge is 0.263 e. The van der Waals surface area contributed by atoms with E-state index in [1.54, 1.807) is 22.0 Å². The Labute approximate surface area is 160 Å². The Morgan fingerprint density at radius 1 is 1.38 bits per heavy atom. The molecular weight excluding hydrogens is 362 g/mol. The fourth-order valence-corrected chi connectivity index (χ4v) is 4.95. The summed E-state index contributed by atoms with van der Waals surface area (Å²) in [7, 11) is 0. The lowest BCUT2D eigenvalue weighted by molar-refractivity contribution is 0.672. The Balaban J connectivity index is 2.11. The van der Waals surface area contributed by atoms with Gasteiger partial charge in [0.25, 0.3) is 5.56 Å². The molecule has 0 aliphatic carbocycles. The van der Waals surface area contributed by atoms with Crippen LogP contribution in [0.1, 0.15) is 18.4 Å². The fourth-order valence-electron chi connectivity index (χ4n) is 2.78. The molecule has 2 heterocycles. The number of hydrogen-bond acceptors (Lipinski definition) is 5. The first-order chi connectivity index (χ1) is 12.7. The molecule has 1 aromatic carbocycles. The molecule has 3 rings (SSSR count). The van der Waals surface area contributed by atoms with Crippen LogP contribution in [0.25, 0.3) is 20.7 Å². The number of nitriles is 1. The van der Waals surface area contributed by atoms with Crippen molar-refractivity contribution in [1.82, 2.24) is 9.55 Å². The van der Waals surface area contributed by atoms with Gasteiger partial charge in [-0.3, -0.25) is 9.36 Å². The van der Waals surface area contributed by atoms with Crippen LogP contribution in [0.3, 0.4) is 0 Å². The van der Waals surface area contributed by atoms with E-state index >= 15 is 0 Å². The van der Waals surface area contributed by atoms with Gasteiger partial charge in [0.1, 0.15) is 4.83 Å². The van der Waals surface area contributed by atoms with Gasteiger partial charge in [0, 0.05) is 23.6 Å². The second-order valence-corrected chi connectivity index (χ2v) is 7.87. The number of allylic oxidation sites excluding steroid dienone is 1. The number of nitrogens with zero attached hydrogens (tertiary/aromatic N) is 3. The van der Waals surface area contributed by atoms with E-state index in [-0.39, 0.29) is 5.56 Å². The maximum Gasteiger partial charge on any atom is 0.263 e. The van der Waals surface area contributed by atoms with Gasteiger partial charge in [-0.15, -0.1) is 17.9 Å². The third kappa shape index (κ3) is 3.59. The number of aryl methyl sites for hydroxylation is 1. The molecular formula is C20H19N3OS2. The van der Waals surface area contributed by atoms with Gasteiger partial charge >= 0.3 is 0 Å². The van der Waals surface area contributed by atoms with Gasteiger partial charge in [-0.05, 0) is 24.5 Å². The van der Waals surface area contributed by atoms with Gasteiger partial charge in [0.05, 0.1) is 11.5 Å². The number of rotatable bonds is 7. The zero-order chi connectivity index (χ0) is 18.5. The van der Waals surface area contributed by atoms with Crippen molar-refractivity contribution in [2.24, 2.45) is 0 Å². The lowest BCUT2D eigenvalue weighted by Gasteiger charge is -2.09. The van der Waals surface area contributed by atoms with Crippen LogP contribution in [0, 0.1) is 18.3 Å². The molecule has 4 nitrogen and oxygen atoms in total. The predicted octanol–water partition coefficient (Wildman–Crippen LogP) is 5.02. The zero-order valence-corrected chi connectivity index (χ0v) is 16.2. The van der Waals surface area contributed by atoms with Crippen LogP contribution in [0.15, 0.2) is 52.9 Å². The van der Waals surface area contributed by atoms with Crippen molar-refractivity contribution < 1.29 is 0 Å². The van der Waals surface area contributed by atoms with E-state index in [2.05, 4.69) is 24.8 Å². The molecule has 0 spiro atoms. The first-order valence-corrected chi connectivity index (χ1v) is 10.2. The van der Waals surface area contributed by atoms with E-state index in [1.165, 1.54) is 11.8 Å². The SMILES string of the molecule is C=CCn1c(SCCCC#N)nc2sc(-c3ccccc3)c(C)c2c1=O. The highest BCUT2D eigenvalue weighted by molar-refractivity contribution is 7.99. The van der Waals surface area contributed by atoms with Crippen LogP contribution in [0.4, 0.5) is 0 Å². The fraction of sp³-hybridized carbons (Fsp3) is 0.250. The number of unbranched alkanes of at least 4 members (excludes halogenated alkanes) is 1. The van der Waals surface area contributed by atoms with Crippen molar-refractivity contribution in [2.75, 3.05) is 5.75 Å². The molecule has 132 valence electrons. The van der Waals surface area contributed by atoms with Crippen LogP contribution < -0.4 is 5.56 Å². The maximum absolute atomic E-state index is 13.1. The third-order valence-corrected chi connectivity index (χ3v) is 6.32.